The molecule has 3 rings (SSSR count). The van der Waals surface area contributed by atoms with Crippen LogP contribution in [0.3, 0.4) is 0 Å². The van der Waals surface area contributed by atoms with Gasteiger partial charge in [0.15, 0.2) is 6.61 Å². The molecule has 9 heteroatoms. The molecule has 5 nitrogen and oxygen atoms in total. The van der Waals surface area contributed by atoms with Crippen LogP contribution in [0.25, 0.3) is 0 Å². The molecular weight excluding hydrogens is 481 g/mol. The number of carbonyl (C=O) groups excluding carboxylic acids is 2. The lowest BCUT2D eigenvalue weighted by atomic mass is 10.0. The van der Waals surface area contributed by atoms with E-state index in [1.165, 1.54) is 12.1 Å². The molecule has 2 amide bonds. The lowest BCUT2D eigenvalue weighted by Gasteiger charge is -2.15. The van der Waals surface area contributed by atoms with Gasteiger partial charge in [0.25, 0.3) is 11.8 Å². The largest absolute Gasteiger partial charge is 0.484 e. The minimum atomic E-state index is -4.56. The SMILES string of the molecule is CCc1cccc(CC)c1NC(=O)c1ccc(OCC(=O)Nc2cc(C(F)(F)F)ccc2Cl)cc1. The highest BCUT2D eigenvalue weighted by Crippen LogP contribution is 2.33. The number of ether oxygens (including phenoxy) is 1. The number of benzene rings is 3. The molecule has 0 heterocycles. The van der Waals surface area contributed by atoms with Crippen LogP contribution in [0.2, 0.25) is 5.02 Å². The summed E-state index contributed by atoms with van der Waals surface area (Å²) in [7, 11) is 0. The highest BCUT2D eigenvalue weighted by atomic mass is 35.5. The molecular formula is C26H24ClF3N2O3. The van der Waals surface area contributed by atoms with E-state index in [-0.39, 0.29) is 16.6 Å². The van der Waals surface area contributed by atoms with Gasteiger partial charge in [-0.1, -0.05) is 43.6 Å². The molecule has 0 aliphatic carbocycles. The summed E-state index contributed by atoms with van der Waals surface area (Å²) in [6.07, 6.45) is -3.00. The molecule has 2 N–H and O–H groups in total. The van der Waals surface area contributed by atoms with Crippen LogP contribution >= 0.6 is 11.6 Å². The first kappa shape index (κ1) is 26.1. The van der Waals surface area contributed by atoms with Gasteiger partial charge in [-0.15, -0.1) is 0 Å². The number of para-hydroxylation sites is 1. The van der Waals surface area contributed by atoms with Gasteiger partial charge in [-0.05, 0) is 66.4 Å². The predicted molar refractivity (Wildman–Crippen MR) is 130 cm³/mol. The van der Waals surface area contributed by atoms with Crippen molar-refractivity contribution < 1.29 is 27.5 Å². The van der Waals surface area contributed by atoms with Gasteiger partial charge in [0.2, 0.25) is 0 Å². The van der Waals surface area contributed by atoms with Gasteiger partial charge in [0.1, 0.15) is 5.75 Å². The van der Waals surface area contributed by atoms with Crippen molar-refractivity contribution in [1.29, 1.82) is 0 Å². The van der Waals surface area contributed by atoms with Crippen LogP contribution in [0.15, 0.2) is 60.7 Å². The zero-order valence-corrected chi connectivity index (χ0v) is 19.9. The Kier molecular flexibility index (Phi) is 8.40. The summed E-state index contributed by atoms with van der Waals surface area (Å²) in [5.41, 5.74) is 2.22. The van der Waals surface area contributed by atoms with Gasteiger partial charge in [-0.2, -0.15) is 13.2 Å². The van der Waals surface area contributed by atoms with Gasteiger partial charge in [0.05, 0.1) is 16.3 Å². The summed E-state index contributed by atoms with van der Waals surface area (Å²) in [5, 5.41) is 5.26. The van der Waals surface area contributed by atoms with Crippen LogP contribution < -0.4 is 15.4 Å². The number of aryl methyl sites for hydroxylation is 2. The summed E-state index contributed by atoms with van der Waals surface area (Å²) >= 11 is 5.89. The molecule has 3 aromatic rings. The van der Waals surface area contributed by atoms with E-state index in [1.54, 1.807) is 12.1 Å². The average Bonchev–Trinajstić information content (AvgIpc) is 2.83. The molecule has 0 saturated carbocycles. The fourth-order valence-electron chi connectivity index (χ4n) is 3.42. The first-order valence-corrected chi connectivity index (χ1v) is 11.3. The maximum Gasteiger partial charge on any atom is 0.416 e. The molecule has 0 aliphatic heterocycles. The number of rotatable bonds is 8. The van der Waals surface area contributed by atoms with E-state index in [0.717, 1.165) is 47.9 Å². The van der Waals surface area contributed by atoms with Crippen molar-refractivity contribution in [2.75, 3.05) is 17.2 Å². The lowest BCUT2D eigenvalue weighted by Crippen LogP contribution is -2.21. The maximum atomic E-state index is 12.9. The minimum absolute atomic E-state index is 0.0300. The summed E-state index contributed by atoms with van der Waals surface area (Å²) in [6, 6.07) is 14.8. The van der Waals surface area contributed by atoms with E-state index < -0.39 is 24.3 Å². The topological polar surface area (TPSA) is 67.4 Å². The van der Waals surface area contributed by atoms with Crippen molar-refractivity contribution >= 4 is 34.8 Å². The average molecular weight is 505 g/mol. The Labute approximate surface area is 206 Å². The summed E-state index contributed by atoms with van der Waals surface area (Å²) in [5.74, 6) is -0.643. The number of amides is 2. The first-order chi connectivity index (χ1) is 16.6. The number of halogens is 4. The molecule has 0 aromatic heterocycles. The standard InChI is InChI=1S/C26H24ClF3N2O3/c1-3-16-6-5-7-17(4-2)24(16)32-25(34)18-8-11-20(12-9-18)35-15-23(33)31-22-14-19(26(28,29)30)10-13-21(22)27/h5-14H,3-4,15H2,1-2H3,(H,31,33)(H,32,34). The van der Waals surface area contributed by atoms with Crippen LogP contribution in [0, 0.1) is 0 Å². The van der Waals surface area contributed by atoms with Crippen molar-refractivity contribution in [2.45, 2.75) is 32.9 Å². The Hall–Kier alpha value is -3.52. The molecule has 0 unspecified atom stereocenters. The molecule has 35 heavy (non-hydrogen) atoms. The second-order valence-electron chi connectivity index (χ2n) is 7.67. The van der Waals surface area contributed by atoms with Crippen LogP contribution in [0.5, 0.6) is 5.75 Å². The van der Waals surface area contributed by atoms with Crippen LogP contribution in [0.4, 0.5) is 24.5 Å². The second kappa shape index (κ2) is 11.3. The Morgan fingerprint density at radius 2 is 1.54 bits per heavy atom. The van der Waals surface area contributed by atoms with E-state index >= 15 is 0 Å². The van der Waals surface area contributed by atoms with Gasteiger partial charge < -0.3 is 15.4 Å². The van der Waals surface area contributed by atoms with Crippen molar-refractivity contribution in [3.8, 4) is 5.75 Å². The van der Waals surface area contributed by atoms with Crippen molar-refractivity contribution in [3.63, 3.8) is 0 Å². The molecule has 0 radical (unpaired) electrons. The van der Waals surface area contributed by atoms with E-state index in [1.807, 2.05) is 32.0 Å². The molecule has 0 atom stereocenters. The predicted octanol–water partition coefficient (Wildman–Crippen LogP) is 6.75. The highest BCUT2D eigenvalue weighted by molar-refractivity contribution is 6.33. The fourth-order valence-corrected chi connectivity index (χ4v) is 3.59. The van der Waals surface area contributed by atoms with Crippen molar-refractivity contribution in [1.82, 2.24) is 0 Å². The smallest absolute Gasteiger partial charge is 0.416 e. The van der Waals surface area contributed by atoms with Gasteiger partial charge in [-0.3, -0.25) is 9.59 Å². The third-order valence-electron chi connectivity index (χ3n) is 5.29. The van der Waals surface area contributed by atoms with E-state index in [0.29, 0.717) is 11.3 Å². The first-order valence-electron chi connectivity index (χ1n) is 10.9. The Bertz CT molecular complexity index is 1190. The summed E-state index contributed by atoms with van der Waals surface area (Å²) in [6.45, 7) is 3.59. The Morgan fingerprint density at radius 3 is 2.11 bits per heavy atom. The normalized spacial score (nSPS) is 11.1. The summed E-state index contributed by atoms with van der Waals surface area (Å²) < 4.78 is 44.0. The van der Waals surface area contributed by atoms with Gasteiger partial charge >= 0.3 is 6.18 Å². The third kappa shape index (κ3) is 6.76. The number of nitrogens with one attached hydrogen (secondary N) is 2. The monoisotopic (exact) mass is 504 g/mol. The minimum Gasteiger partial charge on any atom is -0.484 e. The summed E-state index contributed by atoms with van der Waals surface area (Å²) in [4.78, 5) is 24.9. The van der Waals surface area contributed by atoms with Gasteiger partial charge in [0, 0.05) is 11.3 Å². The lowest BCUT2D eigenvalue weighted by molar-refractivity contribution is -0.137. The molecule has 0 saturated heterocycles. The van der Waals surface area contributed by atoms with Crippen LogP contribution in [-0.4, -0.2) is 18.4 Å². The fraction of sp³-hybridized carbons (Fsp3) is 0.231. The highest BCUT2D eigenvalue weighted by Gasteiger charge is 2.31. The molecule has 0 bridgehead atoms. The second-order valence-corrected chi connectivity index (χ2v) is 8.07. The quantitative estimate of drug-likeness (QED) is 0.356. The number of alkyl halides is 3. The third-order valence-corrected chi connectivity index (χ3v) is 5.62. The molecule has 0 spiro atoms. The Balaban J connectivity index is 1.61. The molecule has 0 fully saturated rings. The van der Waals surface area contributed by atoms with E-state index in [9.17, 15) is 22.8 Å². The number of carbonyl (C=O) groups is 2. The molecule has 0 aliphatic rings. The number of hydrogen-bond donors (Lipinski definition) is 2. The van der Waals surface area contributed by atoms with Crippen LogP contribution in [0.1, 0.15) is 40.9 Å². The van der Waals surface area contributed by atoms with Gasteiger partial charge in [-0.25, -0.2) is 0 Å². The number of hydrogen-bond acceptors (Lipinski definition) is 3. The van der Waals surface area contributed by atoms with E-state index in [4.69, 9.17) is 16.3 Å². The Morgan fingerprint density at radius 1 is 0.914 bits per heavy atom. The van der Waals surface area contributed by atoms with Crippen molar-refractivity contribution in [3.05, 3.63) is 87.9 Å². The molecule has 3 aromatic carbocycles. The number of anilines is 2. The maximum absolute atomic E-state index is 12.9. The van der Waals surface area contributed by atoms with Crippen LogP contribution in [-0.2, 0) is 23.8 Å². The molecule has 184 valence electrons. The van der Waals surface area contributed by atoms with Crippen molar-refractivity contribution in [2.24, 2.45) is 0 Å². The zero-order valence-electron chi connectivity index (χ0n) is 19.1. The zero-order chi connectivity index (χ0) is 25.6. The van der Waals surface area contributed by atoms with E-state index in [2.05, 4.69) is 10.6 Å².